The topological polar surface area (TPSA) is 104 Å². The van der Waals surface area contributed by atoms with Gasteiger partial charge in [0.05, 0.1) is 12.4 Å². The molecule has 28 heavy (non-hydrogen) atoms. The molecule has 1 amide bonds. The third-order valence-corrected chi connectivity index (χ3v) is 5.76. The zero-order valence-electron chi connectivity index (χ0n) is 16.1. The Hall–Kier alpha value is -2.42. The number of hydrogen-bond acceptors (Lipinski definition) is 7. The van der Waals surface area contributed by atoms with Gasteiger partial charge in [-0.3, -0.25) is 4.79 Å². The predicted molar refractivity (Wildman–Crippen MR) is 106 cm³/mol. The van der Waals surface area contributed by atoms with Crippen molar-refractivity contribution in [3.05, 3.63) is 29.1 Å². The molecule has 0 spiro atoms. The number of carbonyl (C=O) groups is 1. The van der Waals surface area contributed by atoms with Crippen LogP contribution in [-0.4, -0.2) is 39.2 Å². The number of aromatic nitrogens is 3. The second-order valence-electron chi connectivity index (χ2n) is 7.18. The smallest absolute Gasteiger partial charge is 0.230 e. The highest BCUT2D eigenvalue weighted by Gasteiger charge is 2.30. The van der Waals surface area contributed by atoms with Crippen LogP contribution in [0.3, 0.4) is 0 Å². The van der Waals surface area contributed by atoms with E-state index in [1.165, 1.54) is 16.4 Å². The molecule has 2 heterocycles. The minimum absolute atomic E-state index is 0.0989. The average molecular weight is 404 g/mol. The van der Waals surface area contributed by atoms with Crippen molar-refractivity contribution < 1.29 is 14.3 Å². The maximum absolute atomic E-state index is 12.3. The van der Waals surface area contributed by atoms with E-state index in [1.54, 1.807) is 0 Å². The summed E-state index contributed by atoms with van der Waals surface area (Å²) >= 11 is 1.29. The second-order valence-corrected chi connectivity index (χ2v) is 8.13. The molecule has 0 unspecified atom stereocenters. The summed E-state index contributed by atoms with van der Waals surface area (Å²) in [6.45, 7) is 4.94. The van der Waals surface area contributed by atoms with E-state index in [1.807, 2.05) is 26.0 Å². The van der Waals surface area contributed by atoms with Crippen LogP contribution in [0.5, 0.6) is 11.5 Å². The molecule has 1 aromatic carbocycles. The Kier molecular flexibility index (Phi) is 5.34. The zero-order chi connectivity index (χ0) is 19.7. The van der Waals surface area contributed by atoms with Crippen molar-refractivity contribution in [1.82, 2.24) is 20.2 Å². The quantitative estimate of drug-likeness (QED) is 0.513. The van der Waals surface area contributed by atoms with Gasteiger partial charge < -0.3 is 20.6 Å². The number of benzene rings is 1. The number of thioether (sulfide) groups is 1. The van der Waals surface area contributed by atoms with Crippen LogP contribution in [0.4, 0.5) is 0 Å². The SMILES string of the molecule is CCOc1cc2c(cc1CNC(=O)CSc1nnc(C3CC3)n1N)O[C@H](C)C2. The second kappa shape index (κ2) is 7.90. The number of ether oxygens (including phenoxy) is 2. The van der Waals surface area contributed by atoms with E-state index in [4.69, 9.17) is 15.3 Å². The molecule has 4 rings (SSSR count). The lowest BCUT2D eigenvalue weighted by atomic mass is 10.1. The van der Waals surface area contributed by atoms with Gasteiger partial charge in [0.1, 0.15) is 17.6 Å². The van der Waals surface area contributed by atoms with Crippen molar-refractivity contribution in [2.75, 3.05) is 18.2 Å². The number of nitrogens with two attached hydrogens (primary N) is 1. The van der Waals surface area contributed by atoms with Gasteiger partial charge in [-0.05, 0) is 38.8 Å². The highest BCUT2D eigenvalue weighted by molar-refractivity contribution is 7.99. The van der Waals surface area contributed by atoms with Crippen molar-refractivity contribution in [3.63, 3.8) is 0 Å². The molecule has 1 saturated carbocycles. The Balaban J connectivity index is 1.35. The molecule has 8 nitrogen and oxygen atoms in total. The lowest BCUT2D eigenvalue weighted by Crippen LogP contribution is -2.25. The highest BCUT2D eigenvalue weighted by Crippen LogP contribution is 2.39. The summed E-state index contributed by atoms with van der Waals surface area (Å²) in [4.78, 5) is 12.3. The van der Waals surface area contributed by atoms with Crippen LogP contribution in [0, 0.1) is 0 Å². The number of amides is 1. The van der Waals surface area contributed by atoms with Gasteiger partial charge in [0.25, 0.3) is 0 Å². The van der Waals surface area contributed by atoms with Crippen molar-refractivity contribution in [2.45, 2.75) is 56.8 Å². The van der Waals surface area contributed by atoms with Crippen molar-refractivity contribution in [3.8, 4) is 11.5 Å². The van der Waals surface area contributed by atoms with Crippen LogP contribution < -0.4 is 20.6 Å². The van der Waals surface area contributed by atoms with E-state index < -0.39 is 0 Å². The molecule has 0 radical (unpaired) electrons. The Labute approximate surface area is 168 Å². The Morgan fingerprint density at radius 2 is 2.25 bits per heavy atom. The van der Waals surface area contributed by atoms with E-state index >= 15 is 0 Å². The van der Waals surface area contributed by atoms with Gasteiger partial charge in [-0.1, -0.05) is 11.8 Å². The lowest BCUT2D eigenvalue weighted by molar-refractivity contribution is -0.118. The molecule has 3 N–H and O–H groups in total. The first-order valence-electron chi connectivity index (χ1n) is 9.60. The molecule has 1 atom stereocenters. The summed E-state index contributed by atoms with van der Waals surface area (Å²) in [5, 5.41) is 11.7. The summed E-state index contributed by atoms with van der Waals surface area (Å²) in [5.74, 6) is 9.04. The van der Waals surface area contributed by atoms with Crippen LogP contribution in [0.2, 0.25) is 0 Å². The molecule has 1 aliphatic carbocycles. The van der Waals surface area contributed by atoms with Crippen molar-refractivity contribution in [2.24, 2.45) is 0 Å². The Morgan fingerprint density at radius 3 is 3.00 bits per heavy atom. The number of nitrogens with one attached hydrogen (secondary N) is 1. The van der Waals surface area contributed by atoms with Crippen molar-refractivity contribution >= 4 is 17.7 Å². The first-order valence-corrected chi connectivity index (χ1v) is 10.6. The van der Waals surface area contributed by atoms with Crippen LogP contribution in [0.1, 0.15) is 49.6 Å². The number of fused-ring (bicyclic) bond motifs is 1. The summed E-state index contributed by atoms with van der Waals surface area (Å²) in [7, 11) is 0. The molecule has 150 valence electrons. The minimum Gasteiger partial charge on any atom is -0.494 e. The van der Waals surface area contributed by atoms with E-state index in [-0.39, 0.29) is 17.8 Å². The Morgan fingerprint density at radius 1 is 1.43 bits per heavy atom. The van der Waals surface area contributed by atoms with Crippen LogP contribution in [0.15, 0.2) is 17.3 Å². The molecule has 2 aliphatic rings. The summed E-state index contributed by atoms with van der Waals surface area (Å²) < 4.78 is 13.1. The summed E-state index contributed by atoms with van der Waals surface area (Å²) in [6, 6.07) is 3.99. The molecular formula is C19H25N5O3S. The van der Waals surface area contributed by atoms with E-state index in [0.29, 0.717) is 24.2 Å². The normalized spacial score (nSPS) is 17.9. The summed E-state index contributed by atoms with van der Waals surface area (Å²) in [6.07, 6.45) is 3.25. The van der Waals surface area contributed by atoms with Gasteiger partial charge in [0.15, 0.2) is 5.82 Å². The van der Waals surface area contributed by atoms with Crippen LogP contribution in [-0.2, 0) is 17.8 Å². The number of hydrogen-bond donors (Lipinski definition) is 2. The van der Waals surface area contributed by atoms with Crippen LogP contribution >= 0.6 is 11.8 Å². The first-order chi connectivity index (χ1) is 13.5. The van der Waals surface area contributed by atoms with Gasteiger partial charge in [-0.25, -0.2) is 4.68 Å². The molecular weight excluding hydrogens is 378 g/mol. The number of rotatable bonds is 8. The van der Waals surface area contributed by atoms with Gasteiger partial charge in [0, 0.05) is 30.0 Å². The maximum Gasteiger partial charge on any atom is 0.230 e. The molecule has 0 saturated heterocycles. The fourth-order valence-electron chi connectivity index (χ4n) is 3.29. The zero-order valence-corrected chi connectivity index (χ0v) is 16.9. The van der Waals surface area contributed by atoms with Gasteiger partial charge in [-0.15, -0.1) is 10.2 Å². The van der Waals surface area contributed by atoms with Crippen LogP contribution in [0.25, 0.3) is 0 Å². The number of carbonyl (C=O) groups excluding carboxylic acids is 1. The standard InChI is InChI=1S/C19H25N5O3S/c1-3-26-15-7-13-6-11(2)27-16(13)8-14(15)9-21-17(25)10-28-19-23-22-18(24(19)20)12-4-5-12/h7-8,11-12H,3-6,9-10,20H2,1-2H3,(H,21,25)/t11-/m1/s1. The first kappa shape index (κ1) is 18.9. The maximum atomic E-state index is 12.3. The molecule has 1 aromatic heterocycles. The molecule has 2 aromatic rings. The fourth-order valence-corrected chi connectivity index (χ4v) is 3.98. The van der Waals surface area contributed by atoms with Gasteiger partial charge >= 0.3 is 0 Å². The summed E-state index contributed by atoms with van der Waals surface area (Å²) in [5.41, 5.74) is 2.06. The van der Waals surface area contributed by atoms with Gasteiger partial charge in [0.2, 0.25) is 11.1 Å². The largest absolute Gasteiger partial charge is 0.494 e. The molecule has 9 heteroatoms. The number of nitrogen functional groups attached to an aromatic ring is 1. The third-order valence-electron chi connectivity index (χ3n) is 4.82. The van der Waals surface area contributed by atoms with E-state index in [9.17, 15) is 4.79 Å². The lowest BCUT2D eigenvalue weighted by Gasteiger charge is -2.13. The average Bonchev–Trinajstić information content (AvgIpc) is 3.34. The molecule has 1 fully saturated rings. The molecule has 1 aliphatic heterocycles. The third kappa shape index (κ3) is 4.04. The molecule has 0 bridgehead atoms. The minimum atomic E-state index is -0.0989. The predicted octanol–water partition coefficient (Wildman–Crippen LogP) is 2.00. The van der Waals surface area contributed by atoms with E-state index in [2.05, 4.69) is 15.5 Å². The van der Waals surface area contributed by atoms with E-state index in [0.717, 1.165) is 47.7 Å². The van der Waals surface area contributed by atoms with Gasteiger partial charge in [-0.2, -0.15) is 0 Å². The Bertz CT molecular complexity index is 881. The van der Waals surface area contributed by atoms with Crippen molar-refractivity contribution in [1.29, 1.82) is 0 Å². The highest BCUT2D eigenvalue weighted by atomic mass is 32.2. The number of nitrogens with zero attached hydrogens (tertiary/aromatic N) is 3. The fraction of sp³-hybridized carbons (Fsp3) is 0.526. The monoisotopic (exact) mass is 403 g/mol.